The summed E-state index contributed by atoms with van der Waals surface area (Å²) in [4.78, 5) is 151. The van der Waals surface area contributed by atoms with E-state index in [4.69, 9.17) is 5.73 Å². The van der Waals surface area contributed by atoms with Crippen molar-refractivity contribution >= 4 is 71.0 Å². The van der Waals surface area contributed by atoms with Gasteiger partial charge in [-0.3, -0.25) is 58.4 Å². The SMILES string of the molecule is CCCCCCC=CCCCC(=O)NC(C(=O)NC(CO)C(=O)NC(CO)C(=O)NC(CCC(N)=O)C(=O)NC(CCCN(O)C(C)=O)C(=O)NC(CO)C(=O)NC(CCCN(O)C(C)=O)C(=O)O)C(O)C(=O)O. The van der Waals surface area contributed by atoms with Crippen molar-refractivity contribution < 1.29 is 98.6 Å². The summed E-state index contributed by atoms with van der Waals surface area (Å²) in [5, 5.41) is 94.0. The van der Waals surface area contributed by atoms with Gasteiger partial charge in [-0.15, -0.1) is 0 Å². The smallest absolute Gasteiger partial charge is 0.335 e. The summed E-state index contributed by atoms with van der Waals surface area (Å²) in [6.45, 7) is -0.204. The lowest BCUT2D eigenvalue weighted by atomic mass is 10.1. The van der Waals surface area contributed by atoms with Crippen molar-refractivity contribution in [2.45, 2.75) is 159 Å². The quantitative estimate of drug-likeness (QED) is 0.0118. The Morgan fingerprint density at radius 3 is 1.28 bits per heavy atom. The maximum atomic E-state index is 13.8. The van der Waals surface area contributed by atoms with Crippen LogP contribution in [0.15, 0.2) is 12.2 Å². The molecule has 0 saturated carbocycles. The van der Waals surface area contributed by atoms with Gasteiger partial charge in [-0.1, -0.05) is 38.3 Å². The van der Waals surface area contributed by atoms with Gasteiger partial charge in [-0.2, -0.15) is 0 Å². The molecule has 0 radical (unpaired) electrons. The lowest BCUT2D eigenvalue weighted by molar-refractivity contribution is -0.163. The molecule has 0 aromatic heterocycles. The second kappa shape index (κ2) is 37.0. The molecule has 0 spiro atoms. The number of nitrogens with two attached hydrogens (primary N) is 1. The molecule has 0 aliphatic heterocycles. The first-order chi connectivity index (χ1) is 34.8. The highest BCUT2D eigenvalue weighted by Crippen LogP contribution is 2.09. The summed E-state index contributed by atoms with van der Waals surface area (Å²) >= 11 is 0. The molecule has 74 heavy (non-hydrogen) atoms. The number of amides is 10. The van der Waals surface area contributed by atoms with Crippen LogP contribution in [-0.4, -0.2) is 203 Å². The first kappa shape index (κ1) is 67.1. The molecule has 30 nitrogen and oxygen atoms in total. The predicted octanol–water partition coefficient (Wildman–Crippen LogP) is -5.11. The molecule has 10 amide bonds. The van der Waals surface area contributed by atoms with Gasteiger partial charge in [0.1, 0.15) is 42.3 Å². The van der Waals surface area contributed by atoms with E-state index in [1.807, 2.05) is 22.8 Å². The Morgan fingerprint density at radius 2 is 0.878 bits per heavy atom. The number of hydrogen-bond acceptors (Lipinski definition) is 18. The second-order valence-corrected chi connectivity index (χ2v) is 16.9. The number of carboxylic acids is 2. The standard InChI is InChI=1S/C44H74N10O20/c1-4-5-6-7-8-9-10-11-12-17-34(61)52-35(36(62)44(71)72)42(68)51-32(24-57)41(67)50-30(22-55)39(65)47-28(18-19-33(45)60)38(64)46-27(15-13-20-53(73)25(2)58)37(63)49-31(23-56)40(66)48-29(43(69)70)16-14-21-54(74)26(3)59/h9-10,27-32,35-36,55-57,62,73-74H,4-8,11-24H2,1-3H3,(H2,45,60)(H,46,64)(H,47,65)(H,48,66)(H,49,63)(H,50,67)(H,51,68)(H,52,61)(H,69,70)(H,71,72). The molecular weight excluding hydrogens is 989 g/mol. The fourth-order valence-electron chi connectivity index (χ4n) is 6.47. The van der Waals surface area contributed by atoms with Crippen molar-refractivity contribution in [2.24, 2.45) is 5.73 Å². The third kappa shape index (κ3) is 27.3. The van der Waals surface area contributed by atoms with Crippen LogP contribution < -0.4 is 43.0 Å². The topological polar surface area (TPSA) is 483 Å². The molecule has 0 rings (SSSR count). The number of carbonyl (C=O) groups excluding carboxylic acids is 10. The van der Waals surface area contributed by atoms with E-state index in [-0.39, 0.29) is 43.7 Å². The minimum atomic E-state index is -2.54. The minimum Gasteiger partial charge on any atom is -0.480 e. The van der Waals surface area contributed by atoms with E-state index in [1.165, 1.54) is 0 Å². The van der Waals surface area contributed by atoms with Crippen LogP contribution >= 0.6 is 0 Å². The fraction of sp³-hybridized carbons (Fsp3) is 0.682. The fourth-order valence-corrected chi connectivity index (χ4v) is 6.47. The number of nitrogens with one attached hydrogen (secondary N) is 7. The molecule has 0 saturated heterocycles. The maximum Gasteiger partial charge on any atom is 0.335 e. The van der Waals surface area contributed by atoms with Crippen molar-refractivity contribution in [3.8, 4) is 0 Å². The second-order valence-electron chi connectivity index (χ2n) is 16.9. The van der Waals surface area contributed by atoms with Gasteiger partial charge in [-0.25, -0.2) is 19.7 Å². The molecule has 8 atom stereocenters. The zero-order valence-electron chi connectivity index (χ0n) is 41.7. The molecule has 17 N–H and O–H groups in total. The monoisotopic (exact) mass is 1060 g/mol. The molecule has 30 heteroatoms. The molecule has 0 aromatic rings. The molecule has 0 fully saturated rings. The average Bonchev–Trinajstić information content (AvgIpc) is 3.34. The number of carboxylic acid groups (broad SMARTS) is 2. The Labute approximate surface area is 426 Å². The third-order valence-electron chi connectivity index (χ3n) is 10.8. The first-order valence-corrected chi connectivity index (χ1v) is 23.8. The van der Waals surface area contributed by atoms with Gasteiger partial charge in [0.25, 0.3) is 0 Å². The van der Waals surface area contributed by atoms with E-state index in [9.17, 15) is 98.6 Å². The zero-order valence-corrected chi connectivity index (χ0v) is 41.7. The van der Waals surface area contributed by atoms with Crippen molar-refractivity contribution in [1.82, 2.24) is 47.3 Å². The summed E-state index contributed by atoms with van der Waals surface area (Å²) < 4.78 is 0. The molecule has 0 aliphatic carbocycles. The number of aliphatic carboxylic acids is 2. The van der Waals surface area contributed by atoms with Gasteiger partial charge >= 0.3 is 11.9 Å². The van der Waals surface area contributed by atoms with Crippen molar-refractivity contribution in [3.63, 3.8) is 0 Å². The van der Waals surface area contributed by atoms with Gasteiger partial charge in [0.2, 0.25) is 59.1 Å². The summed E-state index contributed by atoms with van der Waals surface area (Å²) in [6.07, 6.45) is 4.61. The van der Waals surface area contributed by atoms with Crippen LogP contribution in [0.25, 0.3) is 0 Å². The van der Waals surface area contributed by atoms with E-state index in [0.29, 0.717) is 11.5 Å². The Balaban J connectivity index is 6.25. The van der Waals surface area contributed by atoms with Gasteiger partial charge in [-0.05, 0) is 57.8 Å². The molecule has 420 valence electrons. The Bertz CT molecular complexity index is 1920. The number of carbonyl (C=O) groups is 12. The van der Waals surface area contributed by atoms with Gasteiger partial charge in [0.05, 0.1) is 19.8 Å². The van der Waals surface area contributed by atoms with E-state index in [2.05, 4.69) is 33.5 Å². The average molecular weight is 1060 g/mol. The van der Waals surface area contributed by atoms with Gasteiger partial charge < -0.3 is 73.6 Å². The first-order valence-electron chi connectivity index (χ1n) is 23.8. The highest BCUT2D eigenvalue weighted by atomic mass is 16.5. The highest BCUT2D eigenvalue weighted by Gasteiger charge is 2.37. The van der Waals surface area contributed by atoms with Crippen molar-refractivity contribution in [3.05, 3.63) is 12.2 Å². The summed E-state index contributed by atoms with van der Waals surface area (Å²) in [5.74, 6) is -14.8. The third-order valence-corrected chi connectivity index (χ3v) is 10.8. The lowest BCUT2D eigenvalue weighted by Crippen LogP contribution is -2.62. The van der Waals surface area contributed by atoms with Crippen LogP contribution in [0.2, 0.25) is 0 Å². The van der Waals surface area contributed by atoms with Crippen LogP contribution in [-0.2, 0) is 57.5 Å². The molecule has 8 unspecified atom stereocenters. The maximum absolute atomic E-state index is 13.8. The number of allylic oxidation sites excluding steroid dienone is 2. The lowest BCUT2D eigenvalue weighted by Gasteiger charge is -2.27. The number of unbranched alkanes of at least 4 members (excludes halogenated alkanes) is 5. The van der Waals surface area contributed by atoms with Gasteiger partial charge in [0, 0.05) is 39.8 Å². The number of hydrogen-bond donors (Lipinski definition) is 16. The van der Waals surface area contributed by atoms with E-state index >= 15 is 0 Å². The van der Waals surface area contributed by atoms with E-state index in [0.717, 1.165) is 46.0 Å². The van der Waals surface area contributed by atoms with Crippen LogP contribution in [0.4, 0.5) is 0 Å². The number of hydroxylamine groups is 4. The van der Waals surface area contributed by atoms with Crippen LogP contribution in [0.5, 0.6) is 0 Å². The number of nitrogens with zero attached hydrogens (tertiary/aromatic N) is 2. The molecule has 0 aromatic carbocycles. The Hall–Kier alpha value is -6.86. The normalized spacial score (nSPS) is 14.3. The predicted molar refractivity (Wildman–Crippen MR) is 253 cm³/mol. The number of primary amides is 1. The molecule has 0 bridgehead atoms. The Kier molecular flexibility index (Phi) is 33.5. The van der Waals surface area contributed by atoms with E-state index < -0.39 is 165 Å². The summed E-state index contributed by atoms with van der Waals surface area (Å²) in [7, 11) is 0. The molecule has 0 heterocycles. The molecule has 0 aliphatic rings. The van der Waals surface area contributed by atoms with Crippen LogP contribution in [0.3, 0.4) is 0 Å². The van der Waals surface area contributed by atoms with Crippen molar-refractivity contribution in [1.29, 1.82) is 0 Å². The van der Waals surface area contributed by atoms with Gasteiger partial charge in [0.15, 0.2) is 6.10 Å². The van der Waals surface area contributed by atoms with E-state index in [1.54, 1.807) is 0 Å². The van der Waals surface area contributed by atoms with Crippen molar-refractivity contribution in [2.75, 3.05) is 32.9 Å². The summed E-state index contributed by atoms with van der Waals surface area (Å²) in [6, 6.07) is -13.3. The number of aliphatic hydroxyl groups excluding tert-OH is 4. The Morgan fingerprint density at radius 1 is 0.486 bits per heavy atom. The zero-order chi connectivity index (χ0) is 56.5. The number of aliphatic hydroxyl groups is 4. The number of rotatable bonds is 39. The highest BCUT2D eigenvalue weighted by molar-refractivity contribution is 5.98. The largest absolute Gasteiger partial charge is 0.480 e. The van der Waals surface area contributed by atoms with Crippen LogP contribution in [0, 0.1) is 0 Å². The van der Waals surface area contributed by atoms with Crippen LogP contribution in [0.1, 0.15) is 111 Å². The molecular formula is C44H74N10O20. The minimum absolute atomic E-state index is 0.122. The summed E-state index contributed by atoms with van der Waals surface area (Å²) in [5.41, 5.74) is 5.26.